The van der Waals surface area contributed by atoms with Crippen LogP contribution in [0.15, 0.2) is 48.8 Å². The first-order valence-electron chi connectivity index (χ1n) is 6.76. The Balaban J connectivity index is 2.19. The Morgan fingerprint density at radius 1 is 1.00 bits per heavy atom. The Labute approximate surface area is 134 Å². The minimum Gasteiger partial charge on any atom is -0.365 e. The molecule has 0 fully saturated rings. The third-order valence-electron chi connectivity index (χ3n) is 3.28. The number of aromatic nitrogens is 2. The van der Waals surface area contributed by atoms with Crippen LogP contribution < -0.4 is 5.32 Å². The van der Waals surface area contributed by atoms with E-state index in [0.717, 1.165) is 10.9 Å². The lowest BCUT2D eigenvalue weighted by Gasteiger charge is -2.14. The third kappa shape index (κ3) is 3.05. The van der Waals surface area contributed by atoms with Crippen LogP contribution in [0.3, 0.4) is 0 Å². The molecule has 3 rings (SSSR count). The summed E-state index contributed by atoms with van der Waals surface area (Å²) in [4.78, 5) is 9.13. The number of pyridine rings is 1. The highest BCUT2D eigenvalue weighted by Gasteiger charge is 2.34. The van der Waals surface area contributed by atoms with Crippen LogP contribution in [-0.4, -0.2) is 17.0 Å². The summed E-state index contributed by atoms with van der Waals surface area (Å²) in [5, 5.41) is 3.61. The van der Waals surface area contributed by atoms with Crippen molar-refractivity contribution in [1.29, 1.82) is 0 Å². The summed E-state index contributed by atoms with van der Waals surface area (Å²) in [6.07, 6.45) is -1.31. The first kappa shape index (κ1) is 15.5. The van der Waals surface area contributed by atoms with Crippen LogP contribution in [0.1, 0.15) is 5.56 Å². The van der Waals surface area contributed by atoms with E-state index in [1.54, 1.807) is 31.4 Å². The van der Waals surface area contributed by atoms with Gasteiger partial charge in [-0.3, -0.25) is 4.98 Å². The number of nitrogens with zero attached hydrogens (tertiary/aromatic N) is 2. The molecule has 0 amide bonds. The Bertz CT molecular complexity index is 827. The van der Waals surface area contributed by atoms with Gasteiger partial charge in [-0.05, 0) is 18.2 Å². The second kappa shape index (κ2) is 6.00. The van der Waals surface area contributed by atoms with E-state index >= 15 is 0 Å². The molecule has 0 radical (unpaired) electrons. The molecule has 0 aliphatic heterocycles. The number of thiazole rings is 1. The summed E-state index contributed by atoms with van der Waals surface area (Å²) in [7, 11) is 1.74. The van der Waals surface area contributed by atoms with Crippen molar-refractivity contribution < 1.29 is 13.2 Å². The van der Waals surface area contributed by atoms with Crippen LogP contribution in [0.5, 0.6) is 0 Å². The fourth-order valence-corrected chi connectivity index (χ4v) is 3.07. The van der Waals surface area contributed by atoms with E-state index in [4.69, 9.17) is 0 Å². The maximum absolute atomic E-state index is 13.3. The Morgan fingerprint density at radius 2 is 1.74 bits per heavy atom. The van der Waals surface area contributed by atoms with Gasteiger partial charge < -0.3 is 5.32 Å². The minimum atomic E-state index is -4.44. The zero-order valence-corrected chi connectivity index (χ0v) is 12.9. The summed E-state index contributed by atoms with van der Waals surface area (Å²) in [5.41, 5.74) is 0.295. The monoisotopic (exact) mass is 335 g/mol. The molecule has 0 atom stereocenters. The van der Waals surface area contributed by atoms with Crippen LogP contribution in [0.25, 0.3) is 21.7 Å². The summed E-state index contributed by atoms with van der Waals surface area (Å²) in [5.74, 6) is 0. The standard InChI is InChI=1S/C16H12F3N3S/c1-20-15-22-9-13(23-15)11-6-4-8-21-14(11)10-5-2-3-7-12(10)16(17,18)19/h2-9H,1H3,(H,20,22). The molecule has 0 unspecified atom stereocenters. The van der Waals surface area contributed by atoms with Crippen LogP contribution in [0.4, 0.5) is 18.3 Å². The second-order valence-corrected chi connectivity index (χ2v) is 5.75. The number of anilines is 1. The molecule has 1 aromatic carbocycles. The molecule has 118 valence electrons. The SMILES string of the molecule is CNc1ncc(-c2cccnc2-c2ccccc2C(F)(F)F)s1. The molecule has 1 N–H and O–H groups in total. The fraction of sp³-hybridized carbons (Fsp3) is 0.125. The van der Waals surface area contributed by atoms with Crippen molar-refractivity contribution in [3.05, 3.63) is 54.4 Å². The van der Waals surface area contributed by atoms with Gasteiger partial charge in [0.05, 0.1) is 16.1 Å². The van der Waals surface area contributed by atoms with Crippen LogP contribution in [0.2, 0.25) is 0 Å². The summed E-state index contributed by atoms with van der Waals surface area (Å²) >= 11 is 1.36. The molecule has 0 aliphatic carbocycles. The molecule has 0 saturated heterocycles. The maximum atomic E-state index is 13.3. The third-order valence-corrected chi connectivity index (χ3v) is 4.33. The van der Waals surface area contributed by atoms with E-state index < -0.39 is 11.7 Å². The molecule has 2 heterocycles. The Hall–Kier alpha value is -2.41. The second-order valence-electron chi connectivity index (χ2n) is 4.72. The van der Waals surface area contributed by atoms with Crippen molar-refractivity contribution in [2.45, 2.75) is 6.18 Å². The molecular weight excluding hydrogens is 323 g/mol. The molecule has 0 bridgehead atoms. The summed E-state index contributed by atoms with van der Waals surface area (Å²) < 4.78 is 39.8. The number of hydrogen-bond acceptors (Lipinski definition) is 4. The topological polar surface area (TPSA) is 37.8 Å². The van der Waals surface area contributed by atoms with Gasteiger partial charge in [-0.1, -0.05) is 29.5 Å². The van der Waals surface area contributed by atoms with Gasteiger partial charge in [0.2, 0.25) is 0 Å². The molecular formula is C16H12F3N3S. The Kier molecular flexibility index (Phi) is 4.04. The van der Waals surface area contributed by atoms with Crippen LogP contribution in [-0.2, 0) is 6.18 Å². The highest BCUT2D eigenvalue weighted by Crippen LogP contribution is 2.40. The zero-order chi connectivity index (χ0) is 16.4. The molecule has 0 saturated carbocycles. The number of halogens is 3. The van der Waals surface area contributed by atoms with Gasteiger partial charge in [-0.15, -0.1) is 0 Å². The van der Waals surface area contributed by atoms with E-state index in [-0.39, 0.29) is 5.56 Å². The largest absolute Gasteiger partial charge is 0.417 e. The number of benzene rings is 1. The molecule has 3 nitrogen and oxygen atoms in total. The van der Waals surface area contributed by atoms with Crippen molar-refractivity contribution in [2.24, 2.45) is 0 Å². The molecule has 0 aliphatic rings. The van der Waals surface area contributed by atoms with Crippen molar-refractivity contribution in [3.8, 4) is 21.7 Å². The minimum absolute atomic E-state index is 0.0648. The lowest BCUT2D eigenvalue weighted by Crippen LogP contribution is -2.07. The number of hydrogen-bond donors (Lipinski definition) is 1. The van der Waals surface area contributed by atoms with Gasteiger partial charge >= 0.3 is 6.18 Å². The number of alkyl halides is 3. The molecule has 0 spiro atoms. The molecule has 7 heteroatoms. The number of rotatable bonds is 3. The van der Waals surface area contributed by atoms with E-state index in [1.165, 1.54) is 29.7 Å². The fourth-order valence-electron chi connectivity index (χ4n) is 2.27. The van der Waals surface area contributed by atoms with Crippen molar-refractivity contribution in [1.82, 2.24) is 9.97 Å². The van der Waals surface area contributed by atoms with Crippen LogP contribution >= 0.6 is 11.3 Å². The van der Waals surface area contributed by atoms with E-state index in [1.807, 2.05) is 0 Å². The van der Waals surface area contributed by atoms with Gasteiger partial charge in [-0.25, -0.2) is 4.98 Å². The van der Waals surface area contributed by atoms with Crippen molar-refractivity contribution >= 4 is 16.5 Å². The first-order chi connectivity index (χ1) is 11.0. The molecule has 23 heavy (non-hydrogen) atoms. The quantitative estimate of drug-likeness (QED) is 0.737. The highest BCUT2D eigenvalue weighted by molar-refractivity contribution is 7.18. The lowest BCUT2D eigenvalue weighted by molar-refractivity contribution is -0.137. The van der Waals surface area contributed by atoms with E-state index in [0.29, 0.717) is 16.4 Å². The average molecular weight is 335 g/mol. The Morgan fingerprint density at radius 3 is 2.43 bits per heavy atom. The van der Waals surface area contributed by atoms with E-state index in [2.05, 4.69) is 15.3 Å². The first-order valence-corrected chi connectivity index (χ1v) is 7.58. The predicted octanol–water partition coefficient (Wildman–Crippen LogP) is 4.93. The summed E-state index contributed by atoms with van der Waals surface area (Å²) in [6.45, 7) is 0. The number of nitrogens with one attached hydrogen (secondary N) is 1. The van der Waals surface area contributed by atoms with Crippen LogP contribution in [0, 0.1) is 0 Å². The van der Waals surface area contributed by atoms with Gasteiger partial charge in [-0.2, -0.15) is 13.2 Å². The van der Waals surface area contributed by atoms with Gasteiger partial charge in [0.25, 0.3) is 0 Å². The average Bonchev–Trinajstić information content (AvgIpc) is 3.03. The van der Waals surface area contributed by atoms with E-state index in [9.17, 15) is 13.2 Å². The smallest absolute Gasteiger partial charge is 0.365 e. The van der Waals surface area contributed by atoms with Crippen molar-refractivity contribution in [2.75, 3.05) is 12.4 Å². The molecule has 3 aromatic rings. The highest BCUT2D eigenvalue weighted by atomic mass is 32.1. The zero-order valence-electron chi connectivity index (χ0n) is 12.1. The van der Waals surface area contributed by atoms with Crippen molar-refractivity contribution in [3.63, 3.8) is 0 Å². The lowest BCUT2D eigenvalue weighted by atomic mass is 9.99. The normalized spacial score (nSPS) is 11.5. The molecule has 2 aromatic heterocycles. The maximum Gasteiger partial charge on any atom is 0.417 e. The predicted molar refractivity (Wildman–Crippen MR) is 85.3 cm³/mol. The van der Waals surface area contributed by atoms with Gasteiger partial charge in [0, 0.05) is 30.6 Å². The van der Waals surface area contributed by atoms with Gasteiger partial charge in [0.1, 0.15) is 0 Å². The van der Waals surface area contributed by atoms with Gasteiger partial charge in [0.15, 0.2) is 5.13 Å². The summed E-state index contributed by atoms with van der Waals surface area (Å²) in [6, 6.07) is 8.92.